The number of benzene rings is 3. The van der Waals surface area contributed by atoms with Crippen LogP contribution in [-0.4, -0.2) is 17.7 Å². The van der Waals surface area contributed by atoms with Crippen LogP contribution >= 0.6 is 23.2 Å². The molecule has 3 aromatic rings. The number of nitrogens with zero attached hydrogens (tertiary/aromatic N) is 2. The number of carbonyl (C=O) groups is 1. The fraction of sp³-hybridized carbons (Fsp3) is 0.0952. The fourth-order valence-corrected chi connectivity index (χ4v) is 3.58. The van der Waals surface area contributed by atoms with Gasteiger partial charge in [0.05, 0.1) is 6.54 Å². The molecule has 1 aliphatic rings. The van der Waals surface area contributed by atoms with Crippen molar-refractivity contribution in [2.24, 2.45) is 0 Å². The summed E-state index contributed by atoms with van der Waals surface area (Å²) in [6.45, 7) is -0.0838. The molecule has 1 unspecified atom stereocenters. The van der Waals surface area contributed by atoms with Crippen LogP contribution in [0.4, 0.5) is 20.6 Å². The van der Waals surface area contributed by atoms with Gasteiger partial charge in [-0.1, -0.05) is 35.3 Å². The molecule has 0 saturated carbocycles. The average molecular weight is 417 g/mol. The molecular formula is C21H15Cl2FN2O2. The Kier molecular flexibility index (Phi) is 4.75. The van der Waals surface area contributed by atoms with Crippen LogP contribution in [0, 0.1) is 5.82 Å². The van der Waals surface area contributed by atoms with Crippen molar-refractivity contribution in [3.05, 3.63) is 94.2 Å². The van der Waals surface area contributed by atoms with Gasteiger partial charge in [-0.05, 0) is 60.7 Å². The van der Waals surface area contributed by atoms with E-state index in [9.17, 15) is 14.3 Å². The Hall–Kier alpha value is -2.60. The van der Waals surface area contributed by atoms with E-state index in [0.717, 1.165) is 0 Å². The molecule has 1 N–H and O–H groups in total. The van der Waals surface area contributed by atoms with Crippen molar-refractivity contribution < 1.29 is 14.3 Å². The Bertz CT molecular complexity index is 1030. The number of halogens is 3. The maximum absolute atomic E-state index is 13.9. The molecule has 4 nitrogen and oxygen atoms in total. The number of β-amino-alcohol motifs (C(OH)–C–C–N with tert-alkyl or cyclic N) is 1. The van der Waals surface area contributed by atoms with Crippen LogP contribution in [0.2, 0.25) is 10.0 Å². The van der Waals surface area contributed by atoms with E-state index in [1.807, 2.05) is 0 Å². The maximum atomic E-state index is 13.9. The molecule has 1 fully saturated rings. The van der Waals surface area contributed by atoms with E-state index in [-0.39, 0.29) is 12.1 Å². The molecule has 142 valence electrons. The van der Waals surface area contributed by atoms with Crippen LogP contribution in [0.3, 0.4) is 0 Å². The van der Waals surface area contributed by atoms with Crippen LogP contribution in [0.1, 0.15) is 5.56 Å². The van der Waals surface area contributed by atoms with Gasteiger partial charge in [-0.3, -0.25) is 9.80 Å². The van der Waals surface area contributed by atoms with Gasteiger partial charge < -0.3 is 5.11 Å². The highest BCUT2D eigenvalue weighted by Crippen LogP contribution is 2.40. The number of rotatable bonds is 3. The number of hydrogen-bond donors (Lipinski definition) is 1. The lowest BCUT2D eigenvalue weighted by molar-refractivity contribution is 0.0652. The van der Waals surface area contributed by atoms with Gasteiger partial charge in [0, 0.05) is 27.0 Å². The standard InChI is InChI=1S/C21H15Cl2FN2O2/c22-15-4-8-18(9-5-15)25-13-21(28,14-2-1-3-17(24)12-14)26(20(25)27)19-10-6-16(23)7-11-19/h1-12,28H,13H2. The third kappa shape index (κ3) is 3.22. The summed E-state index contributed by atoms with van der Waals surface area (Å²) in [6, 6.07) is 18.4. The second-order valence-electron chi connectivity index (χ2n) is 6.48. The summed E-state index contributed by atoms with van der Waals surface area (Å²) < 4.78 is 13.9. The van der Waals surface area contributed by atoms with Crippen LogP contribution in [-0.2, 0) is 5.72 Å². The van der Waals surface area contributed by atoms with Gasteiger partial charge in [0.25, 0.3) is 0 Å². The highest BCUT2D eigenvalue weighted by atomic mass is 35.5. The monoisotopic (exact) mass is 416 g/mol. The molecule has 0 aliphatic carbocycles. The van der Waals surface area contributed by atoms with Crippen molar-refractivity contribution in [3.8, 4) is 0 Å². The van der Waals surface area contributed by atoms with E-state index in [1.165, 1.54) is 28.0 Å². The second-order valence-corrected chi connectivity index (χ2v) is 7.36. The summed E-state index contributed by atoms with van der Waals surface area (Å²) in [6.07, 6.45) is 0. The predicted molar refractivity (Wildman–Crippen MR) is 108 cm³/mol. The summed E-state index contributed by atoms with van der Waals surface area (Å²) >= 11 is 11.9. The molecule has 0 bridgehead atoms. The minimum Gasteiger partial charge on any atom is -0.365 e. The van der Waals surface area contributed by atoms with Crippen molar-refractivity contribution in [2.75, 3.05) is 16.3 Å². The molecule has 7 heteroatoms. The van der Waals surface area contributed by atoms with Crippen LogP contribution < -0.4 is 9.80 Å². The lowest BCUT2D eigenvalue weighted by atomic mass is 10.0. The average Bonchev–Trinajstić information content (AvgIpc) is 2.95. The van der Waals surface area contributed by atoms with Crippen LogP contribution in [0.25, 0.3) is 0 Å². The summed E-state index contributed by atoms with van der Waals surface area (Å²) in [5, 5.41) is 12.6. The van der Waals surface area contributed by atoms with Gasteiger partial charge in [0.2, 0.25) is 0 Å². The Balaban J connectivity index is 1.84. The quantitative estimate of drug-likeness (QED) is 0.618. The summed E-state index contributed by atoms with van der Waals surface area (Å²) in [5.41, 5.74) is -0.488. The third-order valence-electron chi connectivity index (χ3n) is 4.68. The van der Waals surface area contributed by atoms with Gasteiger partial charge in [-0.25, -0.2) is 9.18 Å². The molecule has 3 aromatic carbocycles. The number of anilines is 2. The number of aliphatic hydroxyl groups is 1. The Morgan fingerprint density at radius 1 is 0.893 bits per heavy atom. The molecule has 1 saturated heterocycles. The van der Waals surface area contributed by atoms with E-state index in [4.69, 9.17) is 23.2 Å². The van der Waals surface area contributed by atoms with E-state index < -0.39 is 17.6 Å². The van der Waals surface area contributed by atoms with Crippen LogP contribution in [0.5, 0.6) is 0 Å². The predicted octanol–water partition coefficient (Wildman–Crippen LogP) is 5.42. The first kappa shape index (κ1) is 18.7. The van der Waals surface area contributed by atoms with Crippen molar-refractivity contribution in [1.82, 2.24) is 0 Å². The zero-order valence-electron chi connectivity index (χ0n) is 14.5. The van der Waals surface area contributed by atoms with Gasteiger partial charge >= 0.3 is 6.03 Å². The molecule has 0 spiro atoms. The molecule has 1 heterocycles. The van der Waals surface area contributed by atoms with Crippen LogP contribution in [0.15, 0.2) is 72.8 Å². The smallest absolute Gasteiger partial charge is 0.331 e. The van der Waals surface area contributed by atoms with Gasteiger partial charge in [-0.15, -0.1) is 0 Å². The van der Waals surface area contributed by atoms with Crippen molar-refractivity contribution in [3.63, 3.8) is 0 Å². The fourth-order valence-electron chi connectivity index (χ4n) is 3.33. The first-order valence-corrected chi connectivity index (χ1v) is 9.25. The van der Waals surface area contributed by atoms with Gasteiger partial charge in [0.1, 0.15) is 5.82 Å². The number of urea groups is 1. The lowest BCUT2D eigenvalue weighted by Crippen LogP contribution is -2.44. The number of amides is 2. The Morgan fingerprint density at radius 2 is 1.46 bits per heavy atom. The minimum atomic E-state index is -1.77. The molecule has 1 aliphatic heterocycles. The molecule has 2 amide bonds. The Labute approximate surface area is 171 Å². The zero-order valence-corrected chi connectivity index (χ0v) is 16.0. The molecule has 1 atom stereocenters. The molecular weight excluding hydrogens is 402 g/mol. The van der Waals surface area contributed by atoms with E-state index in [2.05, 4.69) is 0 Å². The van der Waals surface area contributed by atoms with E-state index in [1.54, 1.807) is 54.6 Å². The SMILES string of the molecule is O=C1N(c2ccc(Cl)cc2)CC(O)(c2cccc(F)c2)N1c1ccc(Cl)cc1. The van der Waals surface area contributed by atoms with E-state index >= 15 is 0 Å². The van der Waals surface area contributed by atoms with Crippen molar-refractivity contribution >= 4 is 40.6 Å². The molecule has 4 rings (SSSR count). The summed E-state index contributed by atoms with van der Waals surface area (Å²) in [7, 11) is 0. The lowest BCUT2D eigenvalue weighted by Gasteiger charge is -2.32. The van der Waals surface area contributed by atoms with Crippen molar-refractivity contribution in [2.45, 2.75) is 5.72 Å². The summed E-state index contributed by atoms with van der Waals surface area (Å²) in [4.78, 5) is 16.0. The third-order valence-corrected chi connectivity index (χ3v) is 5.18. The molecule has 28 heavy (non-hydrogen) atoms. The highest BCUT2D eigenvalue weighted by Gasteiger charge is 2.51. The van der Waals surface area contributed by atoms with Crippen molar-refractivity contribution in [1.29, 1.82) is 0 Å². The normalized spacial score (nSPS) is 19.4. The number of hydrogen-bond acceptors (Lipinski definition) is 2. The molecule has 0 aromatic heterocycles. The van der Waals surface area contributed by atoms with Gasteiger partial charge in [-0.2, -0.15) is 0 Å². The largest absolute Gasteiger partial charge is 0.365 e. The zero-order chi connectivity index (χ0) is 19.9. The van der Waals surface area contributed by atoms with E-state index in [0.29, 0.717) is 21.4 Å². The maximum Gasteiger partial charge on any atom is 0.331 e. The second kappa shape index (κ2) is 7.09. The summed E-state index contributed by atoms with van der Waals surface area (Å²) in [5.74, 6) is -0.501. The first-order chi connectivity index (χ1) is 13.4. The minimum absolute atomic E-state index is 0.0838. The topological polar surface area (TPSA) is 43.8 Å². The highest BCUT2D eigenvalue weighted by molar-refractivity contribution is 6.31. The Morgan fingerprint density at radius 3 is 2.04 bits per heavy atom. The van der Waals surface area contributed by atoms with Gasteiger partial charge in [0.15, 0.2) is 5.72 Å². The number of carbonyl (C=O) groups excluding carboxylic acids is 1. The first-order valence-electron chi connectivity index (χ1n) is 8.50. The molecule has 0 radical (unpaired) electrons.